The summed E-state index contributed by atoms with van der Waals surface area (Å²) in [5, 5.41) is 0. The summed E-state index contributed by atoms with van der Waals surface area (Å²) in [6, 6.07) is 13.4. The summed E-state index contributed by atoms with van der Waals surface area (Å²) < 4.78 is 12.6. The van der Waals surface area contributed by atoms with Gasteiger partial charge < -0.3 is 0 Å². The van der Waals surface area contributed by atoms with Crippen LogP contribution in [-0.2, 0) is 0 Å². The van der Waals surface area contributed by atoms with Crippen LogP contribution in [-0.4, -0.2) is 18.4 Å². The van der Waals surface area contributed by atoms with Crippen molar-refractivity contribution in [3.05, 3.63) is 42.2 Å². The standard InChI is InChI=1S/C13H13O.3C4H9.Sn/c1-10(2)13-12(8-9-14-13)11-6-4-3-5-7-11;3*1-3-4-2;/h3-8,10H,1-2H3;3*1,3-4H2,2H3;. The van der Waals surface area contributed by atoms with Crippen LogP contribution in [0, 0.1) is 0 Å². The molecule has 0 aliphatic heterocycles. The Morgan fingerprint density at radius 1 is 0.815 bits per heavy atom. The minimum atomic E-state index is -2.51. The van der Waals surface area contributed by atoms with E-state index < -0.39 is 18.4 Å². The van der Waals surface area contributed by atoms with E-state index in [2.05, 4.69) is 71.0 Å². The first-order valence-electron chi connectivity index (χ1n) is 11.3. The minimum absolute atomic E-state index is 0.432. The Labute approximate surface area is 171 Å². The van der Waals surface area contributed by atoms with E-state index >= 15 is 0 Å². The van der Waals surface area contributed by atoms with Gasteiger partial charge in [-0.25, -0.2) is 0 Å². The van der Waals surface area contributed by atoms with Crippen molar-refractivity contribution in [3.63, 3.8) is 0 Å². The van der Waals surface area contributed by atoms with Gasteiger partial charge in [0.15, 0.2) is 0 Å². The zero-order valence-electron chi connectivity index (χ0n) is 18.3. The van der Waals surface area contributed by atoms with Gasteiger partial charge in [0.25, 0.3) is 0 Å². The van der Waals surface area contributed by atoms with Crippen LogP contribution in [0.25, 0.3) is 11.1 Å². The Balaban J connectivity index is 2.52. The predicted molar refractivity (Wildman–Crippen MR) is 123 cm³/mol. The maximum atomic E-state index is 6.78. The van der Waals surface area contributed by atoms with Gasteiger partial charge in [-0.2, -0.15) is 0 Å². The molecule has 0 unspecified atom stereocenters. The Hall–Kier alpha value is -0.701. The molecule has 0 atom stereocenters. The second kappa shape index (κ2) is 11.3. The van der Waals surface area contributed by atoms with Crippen molar-refractivity contribution in [1.82, 2.24) is 0 Å². The van der Waals surface area contributed by atoms with Crippen LogP contribution in [0.1, 0.15) is 84.8 Å². The molecule has 150 valence electrons. The molecule has 0 radical (unpaired) electrons. The van der Waals surface area contributed by atoms with Gasteiger partial charge in [0.05, 0.1) is 0 Å². The molecule has 2 rings (SSSR count). The van der Waals surface area contributed by atoms with Crippen LogP contribution >= 0.6 is 0 Å². The van der Waals surface area contributed by atoms with Gasteiger partial charge in [-0.05, 0) is 0 Å². The first-order chi connectivity index (χ1) is 13.1. The predicted octanol–water partition coefficient (Wildman–Crippen LogP) is 8.13. The van der Waals surface area contributed by atoms with Crippen molar-refractivity contribution >= 4 is 22.2 Å². The molecule has 2 heteroatoms. The van der Waals surface area contributed by atoms with Gasteiger partial charge in [-0.3, -0.25) is 0 Å². The van der Waals surface area contributed by atoms with Crippen molar-refractivity contribution < 1.29 is 4.42 Å². The zero-order valence-corrected chi connectivity index (χ0v) is 21.2. The van der Waals surface area contributed by atoms with E-state index in [0.717, 1.165) is 0 Å². The van der Waals surface area contributed by atoms with Crippen LogP contribution in [0.2, 0.25) is 13.3 Å². The fourth-order valence-electron chi connectivity index (χ4n) is 4.23. The van der Waals surface area contributed by atoms with E-state index in [-0.39, 0.29) is 0 Å². The third kappa shape index (κ3) is 5.89. The van der Waals surface area contributed by atoms with E-state index in [4.69, 9.17) is 4.42 Å². The summed E-state index contributed by atoms with van der Waals surface area (Å²) in [4.78, 5) is 0. The number of rotatable bonds is 12. The van der Waals surface area contributed by atoms with Crippen molar-refractivity contribution in [2.45, 2.75) is 92.4 Å². The second-order valence-corrected chi connectivity index (χ2v) is 21.5. The monoisotopic (exact) mass is 476 g/mol. The molecule has 0 spiro atoms. The third-order valence-electron chi connectivity index (χ3n) is 5.92. The first kappa shape index (κ1) is 22.6. The third-order valence-corrected chi connectivity index (χ3v) is 20.8. The van der Waals surface area contributed by atoms with E-state index in [0.29, 0.717) is 5.92 Å². The molecule has 2 aromatic rings. The average molecular weight is 475 g/mol. The maximum absolute atomic E-state index is 6.78. The summed E-state index contributed by atoms with van der Waals surface area (Å²) in [6.45, 7) is 11.6. The van der Waals surface area contributed by atoms with Crippen LogP contribution in [0.5, 0.6) is 0 Å². The Morgan fingerprint density at radius 2 is 1.33 bits per heavy atom. The fraction of sp³-hybridized carbons (Fsp3) is 0.600. The van der Waals surface area contributed by atoms with Gasteiger partial charge >= 0.3 is 172 Å². The molecule has 1 heterocycles. The van der Waals surface area contributed by atoms with Gasteiger partial charge in [0.1, 0.15) is 0 Å². The van der Waals surface area contributed by atoms with Gasteiger partial charge in [-0.15, -0.1) is 0 Å². The zero-order chi connectivity index (χ0) is 19.7. The van der Waals surface area contributed by atoms with Crippen LogP contribution < -0.4 is 3.78 Å². The SMILES string of the molecule is CCC[CH2][Sn]([CH2]CCC)([CH2]CCC)[c]1cc(-c2ccccc2)c(C(C)C)o1. The molecule has 0 fully saturated rings. The topological polar surface area (TPSA) is 13.1 Å². The van der Waals surface area contributed by atoms with Crippen LogP contribution in [0.15, 0.2) is 40.8 Å². The quantitative estimate of drug-likeness (QED) is 0.283. The second-order valence-electron chi connectivity index (χ2n) is 8.50. The van der Waals surface area contributed by atoms with E-state index in [1.165, 1.54) is 72.5 Å². The molecule has 0 saturated carbocycles. The van der Waals surface area contributed by atoms with E-state index in [1.54, 1.807) is 0 Å². The molecule has 1 nitrogen and oxygen atoms in total. The van der Waals surface area contributed by atoms with E-state index in [9.17, 15) is 0 Å². The summed E-state index contributed by atoms with van der Waals surface area (Å²) in [6.07, 6.45) is 8.05. The number of furan rings is 1. The first-order valence-corrected chi connectivity index (χ1v) is 18.8. The molecular formula is C25H40OSn. The van der Waals surface area contributed by atoms with Crippen LogP contribution in [0.3, 0.4) is 0 Å². The summed E-state index contributed by atoms with van der Waals surface area (Å²) in [7, 11) is 0. The molecule has 0 bridgehead atoms. The van der Waals surface area contributed by atoms with Gasteiger partial charge in [0.2, 0.25) is 0 Å². The molecule has 0 N–H and O–H groups in total. The van der Waals surface area contributed by atoms with Gasteiger partial charge in [0, 0.05) is 0 Å². The van der Waals surface area contributed by atoms with Gasteiger partial charge in [-0.1, -0.05) is 0 Å². The molecule has 1 aromatic heterocycles. The molecule has 27 heavy (non-hydrogen) atoms. The van der Waals surface area contributed by atoms with Crippen molar-refractivity contribution in [1.29, 1.82) is 0 Å². The Kier molecular flexibility index (Phi) is 9.48. The number of unbranched alkanes of at least 4 members (excludes halogenated alkanes) is 3. The number of hydrogen-bond acceptors (Lipinski definition) is 1. The number of benzene rings is 1. The summed E-state index contributed by atoms with van der Waals surface area (Å²) in [5.41, 5.74) is 2.67. The normalized spacial score (nSPS) is 12.1. The van der Waals surface area contributed by atoms with Crippen molar-refractivity contribution in [3.8, 4) is 11.1 Å². The average Bonchev–Trinajstić information content (AvgIpc) is 3.15. The number of hydrogen-bond donors (Lipinski definition) is 0. The summed E-state index contributed by atoms with van der Waals surface area (Å²) in [5.74, 6) is 1.64. The molecule has 0 saturated heterocycles. The molecule has 0 aliphatic carbocycles. The Morgan fingerprint density at radius 3 is 1.78 bits per heavy atom. The van der Waals surface area contributed by atoms with Crippen molar-refractivity contribution in [2.75, 3.05) is 0 Å². The molecule has 0 aliphatic rings. The van der Waals surface area contributed by atoms with Crippen LogP contribution in [0.4, 0.5) is 0 Å². The molecule has 0 amide bonds. The fourth-order valence-corrected chi connectivity index (χ4v) is 19.5. The summed E-state index contributed by atoms with van der Waals surface area (Å²) >= 11 is -2.51. The van der Waals surface area contributed by atoms with E-state index in [1.807, 2.05) is 0 Å². The molecular weight excluding hydrogens is 435 g/mol. The Bertz CT molecular complexity index is 634. The van der Waals surface area contributed by atoms with Crippen molar-refractivity contribution in [2.24, 2.45) is 0 Å². The molecule has 1 aromatic carbocycles.